The molecule has 0 bridgehead atoms. The fraction of sp³-hybridized carbons (Fsp3) is 0.211. The molecule has 26 heavy (non-hydrogen) atoms. The molecular formula is C19H21N3O4. The Bertz CT molecular complexity index is 777. The number of carbonyl (C=O) groups excluding carboxylic acids is 3. The molecule has 3 amide bonds. The zero-order valence-electron chi connectivity index (χ0n) is 14.4. The molecule has 0 unspecified atom stereocenters. The molecule has 0 saturated carbocycles. The average Bonchev–Trinajstić information content (AvgIpc) is 2.66. The molecule has 0 fully saturated rings. The van der Waals surface area contributed by atoms with Crippen molar-refractivity contribution >= 4 is 17.7 Å². The second-order valence-electron chi connectivity index (χ2n) is 5.63. The molecule has 0 aliphatic rings. The first-order chi connectivity index (χ1) is 12.5. The van der Waals surface area contributed by atoms with Gasteiger partial charge < -0.3 is 21.1 Å². The lowest BCUT2D eigenvalue weighted by atomic mass is 10.1. The van der Waals surface area contributed by atoms with Crippen molar-refractivity contribution < 1.29 is 19.1 Å². The highest BCUT2D eigenvalue weighted by atomic mass is 16.5. The van der Waals surface area contributed by atoms with Gasteiger partial charge in [-0.2, -0.15) is 0 Å². The van der Waals surface area contributed by atoms with Crippen LogP contribution in [0.25, 0.3) is 0 Å². The van der Waals surface area contributed by atoms with E-state index in [1.165, 1.54) is 0 Å². The molecule has 2 aromatic rings. The number of methoxy groups -OCH3 is 1. The Morgan fingerprint density at radius 3 is 2.46 bits per heavy atom. The summed E-state index contributed by atoms with van der Waals surface area (Å²) in [6.07, 6.45) is 0.227. The summed E-state index contributed by atoms with van der Waals surface area (Å²) in [5, 5.41) is 5.04. The molecule has 0 spiro atoms. The third-order valence-electron chi connectivity index (χ3n) is 3.70. The summed E-state index contributed by atoms with van der Waals surface area (Å²) in [6, 6.07) is 14.8. The van der Waals surface area contributed by atoms with Crippen molar-refractivity contribution in [2.75, 3.05) is 13.7 Å². The normalized spacial score (nSPS) is 11.3. The van der Waals surface area contributed by atoms with Gasteiger partial charge in [-0.15, -0.1) is 0 Å². The lowest BCUT2D eigenvalue weighted by Crippen LogP contribution is -2.49. The quantitative estimate of drug-likeness (QED) is 0.645. The van der Waals surface area contributed by atoms with Gasteiger partial charge >= 0.3 is 0 Å². The van der Waals surface area contributed by atoms with Crippen LogP contribution in [0, 0.1) is 0 Å². The first kappa shape index (κ1) is 19.0. The van der Waals surface area contributed by atoms with Crippen LogP contribution < -0.4 is 21.1 Å². The number of amides is 3. The molecule has 0 saturated heterocycles. The summed E-state index contributed by atoms with van der Waals surface area (Å²) in [5.41, 5.74) is 6.62. The van der Waals surface area contributed by atoms with Crippen molar-refractivity contribution in [3.05, 3.63) is 65.7 Å². The van der Waals surface area contributed by atoms with Crippen molar-refractivity contribution in [3.63, 3.8) is 0 Å². The fourth-order valence-electron chi connectivity index (χ4n) is 2.36. The van der Waals surface area contributed by atoms with Crippen LogP contribution in [-0.4, -0.2) is 37.4 Å². The number of benzene rings is 2. The fourth-order valence-corrected chi connectivity index (χ4v) is 2.36. The summed E-state index contributed by atoms with van der Waals surface area (Å²) >= 11 is 0. The Balaban J connectivity index is 1.91. The van der Waals surface area contributed by atoms with E-state index in [0.717, 1.165) is 5.56 Å². The van der Waals surface area contributed by atoms with Gasteiger partial charge in [-0.1, -0.05) is 30.3 Å². The van der Waals surface area contributed by atoms with Gasteiger partial charge in [-0.3, -0.25) is 14.4 Å². The van der Waals surface area contributed by atoms with Gasteiger partial charge in [-0.05, 0) is 29.8 Å². The number of hydrogen-bond donors (Lipinski definition) is 3. The largest absolute Gasteiger partial charge is 0.497 e. The average molecular weight is 355 g/mol. The molecule has 7 heteroatoms. The number of rotatable bonds is 8. The van der Waals surface area contributed by atoms with E-state index in [1.54, 1.807) is 55.6 Å². The second-order valence-corrected chi connectivity index (χ2v) is 5.63. The first-order valence-electron chi connectivity index (χ1n) is 8.04. The standard InChI is InChI=1S/C19H21N3O4/c1-26-15-9-5-6-13(10-15)11-16(18(20)24)22-17(23)12-21-19(25)14-7-3-2-4-8-14/h2-10,16H,11-12H2,1H3,(H2,20,24)(H,21,25)(H,22,23)/t16-/m1/s1. The topological polar surface area (TPSA) is 111 Å². The van der Waals surface area contributed by atoms with Crippen LogP contribution in [-0.2, 0) is 16.0 Å². The molecule has 0 aromatic heterocycles. The van der Waals surface area contributed by atoms with Gasteiger partial charge in [0.25, 0.3) is 5.91 Å². The van der Waals surface area contributed by atoms with E-state index in [9.17, 15) is 14.4 Å². The maximum atomic E-state index is 12.0. The Morgan fingerprint density at radius 2 is 1.81 bits per heavy atom. The molecule has 0 radical (unpaired) electrons. The van der Waals surface area contributed by atoms with Crippen molar-refractivity contribution in [2.45, 2.75) is 12.5 Å². The van der Waals surface area contributed by atoms with E-state index < -0.39 is 17.9 Å². The molecule has 4 N–H and O–H groups in total. The third kappa shape index (κ3) is 5.62. The van der Waals surface area contributed by atoms with Gasteiger partial charge in [0.1, 0.15) is 11.8 Å². The minimum atomic E-state index is -0.886. The molecule has 2 aromatic carbocycles. The highest BCUT2D eigenvalue weighted by molar-refractivity contribution is 5.97. The Morgan fingerprint density at radius 1 is 1.08 bits per heavy atom. The summed E-state index contributed by atoms with van der Waals surface area (Å²) in [5.74, 6) is -0.882. The van der Waals surface area contributed by atoms with Gasteiger partial charge in [0.2, 0.25) is 11.8 Å². The monoisotopic (exact) mass is 355 g/mol. The van der Waals surface area contributed by atoms with Crippen molar-refractivity contribution in [1.82, 2.24) is 10.6 Å². The Hall–Kier alpha value is -3.35. The first-order valence-corrected chi connectivity index (χ1v) is 8.04. The maximum absolute atomic E-state index is 12.0. The van der Waals surface area contributed by atoms with Gasteiger partial charge in [0.05, 0.1) is 13.7 Å². The van der Waals surface area contributed by atoms with Gasteiger partial charge in [0, 0.05) is 12.0 Å². The number of primary amides is 1. The highest BCUT2D eigenvalue weighted by Crippen LogP contribution is 2.14. The molecule has 0 heterocycles. The zero-order chi connectivity index (χ0) is 18.9. The number of hydrogen-bond acceptors (Lipinski definition) is 4. The number of ether oxygens (including phenoxy) is 1. The van der Waals surface area contributed by atoms with E-state index in [1.807, 2.05) is 6.07 Å². The maximum Gasteiger partial charge on any atom is 0.251 e. The molecule has 1 atom stereocenters. The van der Waals surface area contributed by atoms with Crippen molar-refractivity contribution in [3.8, 4) is 5.75 Å². The summed E-state index contributed by atoms with van der Waals surface area (Å²) in [6.45, 7) is -0.254. The molecule has 0 aliphatic carbocycles. The van der Waals surface area contributed by atoms with Crippen molar-refractivity contribution in [1.29, 1.82) is 0 Å². The summed E-state index contributed by atoms with van der Waals surface area (Å²) < 4.78 is 5.13. The van der Waals surface area contributed by atoms with Crippen LogP contribution in [0.5, 0.6) is 5.75 Å². The van der Waals surface area contributed by atoms with E-state index in [-0.39, 0.29) is 18.9 Å². The minimum absolute atomic E-state index is 0.227. The summed E-state index contributed by atoms with van der Waals surface area (Å²) in [4.78, 5) is 35.6. The van der Waals surface area contributed by atoms with Gasteiger partial charge in [-0.25, -0.2) is 0 Å². The van der Waals surface area contributed by atoms with Gasteiger partial charge in [0.15, 0.2) is 0 Å². The van der Waals surface area contributed by atoms with E-state index in [2.05, 4.69) is 10.6 Å². The van der Waals surface area contributed by atoms with Crippen LogP contribution in [0.15, 0.2) is 54.6 Å². The molecule has 0 aliphatic heterocycles. The predicted molar refractivity (Wildman–Crippen MR) is 96.6 cm³/mol. The zero-order valence-corrected chi connectivity index (χ0v) is 14.4. The Labute approximate surface area is 151 Å². The SMILES string of the molecule is COc1cccc(C[C@@H](NC(=O)CNC(=O)c2ccccc2)C(N)=O)c1. The minimum Gasteiger partial charge on any atom is -0.497 e. The molecule has 2 rings (SSSR count). The lowest BCUT2D eigenvalue weighted by Gasteiger charge is -2.16. The molecular weight excluding hydrogens is 334 g/mol. The van der Waals surface area contributed by atoms with Crippen LogP contribution in [0.1, 0.15) is 15.9 Å². The highest BCUT2D eigenvalue weighted by Gasteiger charge is 2.19. The number of nitrogens with one attached hydrogen (secondary N) is 2. The Kier molecular flexibility index (Phi) is 6.73. The van der Waals surface area contributed by atoms with Crippen molar-refractivity contribution in [2.24, 2.45) is 5.73 Å². The molecule has 136 valence electrons. The summed E-state index contributed by atoms with van der Waals surface area (Å²) in [7, 11) is 1.54. The smallest absolute Gasteiger partial charge is 0.251 e. The van der Waals surface area contributed by atoms with Crippen LogP contribution in [0.3, 0.4) is 0 Å². The van der Waals surface area contributed by atoms with Crippen LogP contribution >= 0.6 is 0 Å². The predicted octanol–water partition coefficient (Wildman–Crippen LogP) is 0.638. The van der Waals surface area contributed by atoms with E-state index >= 15 is 0 Å². The third-order valence-corrected chi connectivity index (χ3v) is 3.70. The van der Waals surface area contributed by atoms with Crippen LogP contribution in [0.4, 0.5) is 0 Å². The van der Waals surface area contributed by atoms with E-state index in [4.69, 9.17) is 10.5 Å². The molecule has 7 nitrogen and oxygen atoms in total. The van der Waals surface area contributed by atoms with E-state index in [0.29, 0.717) is 11.3 Å². The number of nitrogens with two attached hydrogens (primary N) is 1. The second kappa shape index (κ2) is 9.22. The van der Waals surface area contributed by atoms with Crippen LogP contribution in [0.2, 0.25) is 0 Å². The lowest BCUT2D eigenvalue weighted by molar-refractivity contribution is -0.126. The number of carbonyl (C=O) groups is 3.